The summed E-state index contributed by atoms with van der Waals surface area (Å²) in [6.07, 6.45) is 1.36. The molecule has 3 nitrogen and oxygen atoms in total. The largest absolute Gasteiger partial charge is 0.348 e. The first-order valence-corrected chi connectivity index (χ1v) is 7.71. The minimum atomic E-state index is -0.398. The quantitative estimate of drug-likeness (QED) is 0.539. The van der Waals surface area contributed by atoms with Gasteiger partial charge in [-0.1, -0.05) is 60.7 Å². The van der Waals surface area contributed by atoms with E-state index in [2.05, 4.69) is 24.3 Å². The van der Waals surface area contributed by atoms with E-state index in [-0.39, 0.29) is 6.04 Å². The Morgan fingerprint density at radius 2 is 1.27 bits per heavy atom. The number of nitrogens with zero attached hydrogens (tertiary/aromatic N) is 1. The summed E-state index contributed by atoms with van der Waals surface area (Å²) in [7, 11) is 0. The lowest BCUT2D eigenvalue weighted by molar-refractivity contribution is -0.0869. The highest BCUT2D eigenvalue weighted by Crippen LogP contribution is 2.25. The molecule has 116 valence electrons. The fourth-order valence-electron chi connectivity index (χ4n) is 2.25. The Morgan fingerprint density at radius 1 is 0.818 bits per heavy atom. The normalized spacial score (nSPS) is 11.6. The number of ether oxygens (including phenoxy) is 2. The van der Waals surface area contributed by atoms with Gasteiger partial charge in [0.1, 0.15) is 0 Å². The molecule has 0 atom stereocenters. The van der Waals surface area contributed by atoms with Crippen LogP contribution in [0.4, 0.5) is 0 Å². The van der Waals surface area contributed by atoms with Gasteiger partial charge in [0, 0.05) is 13.2 Å². The molecule has 2 rings (SSSR count). The summed E-state index contributed by atoms with van der Waals surface area (Å²) in [5.74, 6) is 0. The first-order chi connectivity index (χ1) is 10.8. The van der Waals surface area contributed by atoms with Gasteiger partial charge in [-0.05, 0) is 25.0 Å². The molecule has 0 bridgehead atoms. The van der Waals surface area contributed by atoms with Crippen LogP contribution in [0.15, 0.2) is 65.7 Å². The molecule has 0 saturated heterocycles. The van der Waals surface area contributed by atoms with Crippen molar-refractivity contribution < 1.29 is 9.47 Å². The molecular formula is C19H23NO2. The van der Waals surface area contributed by atoms with Crippen molar-refractivity contribution >= 4 is 6.21 Å². The van der Waals surface area contributed by atoms with Crippen LogP contribution in [0, 0.1) is 0 Å². The van der Waals surface area contributed by atoms with Gasteiger partial charge in [-0.2, -0.15) is 0 Å². The maximum Gasteiger partial charge on any atom is 0.193 e. The second-order valence-electron chi connectivity index (χ2n) is 4.80. The van der Waals surface area contributed by atoms with E-state index in [4.69, 9.17) is 14.5 Å². The van der Waals surface area contributed by atoms with Gasteiger partial charge < -0.3 is 9.47 Å². The Kier molecular flexibility index (Phi) is 6.81. The second kappa shape index (κ2) is 9.13. The van der Waals surface area contributed by atoms with Crippen molar-refractivity contribution in [2.45, 2.75) is 26.2 Å². The highest BCUT2D eigenvalue weighted by atomic mass is 16.7. The third-order valence-electron chi connectivity index (χ3n) is 3.25. The molecule has 22 heavy (non-hydrogen) atoms. The molecule has 0 heterocycles. The van der Waals surface area contributed by atoms with Crippen molar-refractivity contribution in [3.05, 3.63) is 71.8 Å². The molecule has 3 heteroatoms. The van der Waals surface area contributed by atoms with Crippen LogP contribution in [0.25, 0.3) is 0 Å². The van der Waals surface area contributed by atoms with Crippen molar-refractivity contribution in [3.8, 4) is 0 Å². The maximum absolute atomic E-state index is 5.53. The third kappa shape index (κ3) is 4.79. The lowest BCUT2D eigenvalue weighted by Gasteiger charge is -2.16. The molecule has 0 N–H and O–H groups in total. The lowest BCUT2D eigenvalue weighted by Crippen LogP contribution is -2.19. The summed E-state index contributed by atoms with van der Waals surface area (Å²) in [6, 6.07) is 20.5. The summed E-state index contributed by atoms with van der Waals surface area (Å²) < 4.78 is 11.1. The van der Waals surface area contributed by atoms with Crippen molar-refractivity contribution in [1.29, 1.82) is 0 Å². The van der Waals surface area contributed by atoms with Gasteiger partial charge in [0.25, 0.3) is 0 Å². The number of rotatable bonds is 8. The molecule has 2 aromatic carbocycles. The Morgan fingerprint density at radius 3 is 1.68 bits per heavy atom. The third-order valence-corrected chi connectivity index (χ3v) is 3.25. The van der Waals surface area contributed by atoms with Crippen LogP contribution in [0.5, 0.6) is 0 Å². The monoisotopic (exact) mass is 297 g/mol. The van der Waals surface area contributed by atoms with Crippen LogP contribution in [-0.4, -0.2) is 25.7 Å². The molecule has 0 amide bonds. The molecule has 0 aliphatic rings. The highest BCUT2D eigenvalue weighted by Gasteiger charge is 2.13. The van der Waals surface area contributed by atoms with Gasteiger partial charge in [0.05, 0.1) is 12.3 Å². The summed E-state index contributed by atoms with van der Waals surface area (Å²) in [5, 5.41) is 0. The zero-order valence-corrected chi connectivity index (χ0v) is 13.2. The number of benzene rings is 2. The molecule has 0 unspecified atom stereocenters. The molecule has 0 aromatic heterocycles. The minimum absolute atomic E-state index is 0.0502. The Bertz CT molecular complexity index is 509. The topological polar surface area (TPSA) is 30.8 Å². The predicted octanol–water partition coefficient (Wildman–Crippen LogP) is 4.25. The summed E-state index contributed by atoms with van der Waals surface area (Å²) in [5.41, 5.74) is 2.30. The van der Waals surface area contributed by atoms with Crippen molar-refractivity contribution in [2.75, 3.05) is 13.2 Å². The SMILES string of the molecule is CCOC(/C=N/C(c1ccccc1)c1ccccc1)OCC. The molecule has 2 aromatic rings. The smallest absolute Gasteiger partial charge is 0.193 e. The molecular weight excluding hydrogens is 274 g/mol. The Labute approximate surface area is 132 Å². The van der Waals surface area contributed by atoms with Gasteiger partial charge >= 0.3 is 0 Å². The first kappa shape index (κ1) is 16.4. The predicted molar refractivity (Wildman–Crippen MR) is 90.3 cm³/mol. The van der Waals surface area contributed by atoms with Crippen LogP contribution in [0.2, 0.25) is 0 Å². The van der Waals surface area contributed by atoms with E-state index in [0.717, 1.165) is 11.1 Å². The maximum atomic E-state index is 5.53. The zero-order chi connectivity index (χ0) is 15.6. The van der Waals surface area contributed by atoms with Gasteiger partial charge in [-0.15, -0.1) is 0 Å². The van der Waals surface area contributed by atoms with Crippen molar-refractivity contribution in [1.82, 2.24) is 0 Å². The van der Waals surface area contributed by atoms with Crippen LogP contribution in [0.1, 0.15) is 31.0 Å². The molecule has 0 fully saturated rings. The van der Waals surface area contributed by atoms with Gasteiger partial charge in [0.15, 0.2) is 6.29 Å². The van der Waals surface area contributed by atoms with Crippen molar-refractivity contribution in [3.63, 3.8) is 0 Å². The highest BCUT2D eigenvalue weighted by molar-refractivity contribution is 5.62. The molecule has 0 saturated carbocycles. The van der Waals surface area contributed by atoms with E-state index in [1.807, 2.05) is 50.2 Å². The summed E-state index contributed by atoms with van der Waals surface area (Å²) >= 11 is 0. The number of aliphatic imine (C=N–C) groups is 1. The zero-order valence-electron chi connectivity index (χ0n) is 13.2. The van der Waals surface area contributed by atoms with Crippen LogP contribution >= 0.6 is 0 Å². The van der Waals surface area contributed by atoms with Crippen molar-refractivity contribution in [2.24, 2.45) is 4.99 Å². The average Bonchev–Trinajstić information content (AvgIpc) is 2.57. The first-order valence-electron chi connectivity index (χ1n) is 7.71. The Balaban J connectivity index is 2.25. The number of hydrogen-bond acceptors (Lipinski definition) is 3. The lowest BCUT2D eigenvalue weighted by atomic mass is 9.99. The average molecular weight is 297 g/mol. The van der Waals surface area contributed by atoms with E-state index in [9.17, 15) is 0 Å². The summed E-state index contributed by atoms with van der Waals surface area (Å²) in [4.78, 5) is 4.73. The van der Waals surface area contributed by atoms with Crippen LogP contribution in [-0.2, 0) is 9.47 Å². The minimum Gasteiger partial charge on any atom is -0.348 e. The molecule has 0 aliphatic heterocycles. The van der Waals surface area contributed by atoms with E-state index in [1.54, 1.807) is 6.21 Å². The summed E-state index contributed by atoms with van der Waals surface area (Å²) in [6.45, 7) is 5.09. The van der Waals surface area contributed by atoms with Crippen LogP contribution < -0.4 is 0 Å². The fraction of sp³-hybridized carbons (Fsp3) is 0.316. The van der Waals surface area contributed by atoms with Gasteiger partial charge in [-0.25, -0.2) is 0 Å². The van der Waals surface area contributed by atoms with Gasteiger partial charge in [-0.3, -0.25) is 4.99 Å². The molecule has 0 aliphatic carbocycles. The standard InChI is InChI=1S/C19H23NO2/c1-3-21-18(22-4-2)15-20-19(16-11-7-5-8-12-16)17-13-9-6-10-14-17/h5-15,18-19H,3-4H2,1-2H3/b20-15+. The van der Waals surface area contributed by atoms with Crippen LogP contribution in [0.3, 0.4) is 0 Å². The molecule has 0 radical (unpaired) electrons. The Hall–Kier alpha value is -1.97. The van der Waals surface area contributed by atoms with Gasteiger partial charge in [0.2, 0.25) is 0 Å². The molecule has 0 spiro atoms. The van der Waals surface area contributed by atoms with E-state index < -0.39 is 6.29 Å². The number of hydrogen-bond donors (Lipinski definition) is 0. The fourth-order valence-corrected chi connectivity index (χ4v) is 2.25. The van der Waals surface area contributed by atoms with E-state index in [0.29, 0.717) is 13.2 Å². The second-order valence-corrected chi connectivity index (χ2v) is 4.80. The van der Waals surface area contributed by atoms with E-state index >= 15 is 0 Å². The van der Waals surface area contributed by atoms with E-state index in [1.165, 1.54) is 0 Å².